The number of nitrogens with zero attached hydrogens (tertiary/aromatic N) is 1. The maximum absolute atomic E-state index is 6.96. The fraction of sp³-hybridized carbons (Fsp3) is 0.0526. The average Bonchev–Trinajstić information content (AvgIpc) is 3.80. The zero-order valence-corrected chi connectivity index (χ0v) is 33.1. The minimum atomic E-state index is -0.0834. The van der Waals surface area contributed by atoms with E-state index in [-0.39, 0.29) is 5.41 Å². The predicted molar refractivity (Wildman–Crippen MR) is 248 cm³/mol. The summed E-state index contributed by atoms with van der Waals surface area (Å²) in [5.41, 5.74) is 19.7. The highest BCUT2D eigenvalue weighted by Crippen LogP contribution is 2.53. The Bertz CT molecular complexity index is 3120. The fourth-order valence-electron chi connectivity index (χ4n) is 9.23. The van der Waals surface area contributed by atoms with Crippen LogP contribution in [-0.2, 0) is 5.41 Å². The number of rotatable bonds is 7. The predicted octanol–water partition coefficient (Wildman–Crippen LogP) is 16.0. The van der Waals surface area contributed by atoms with Crippen molar-refractivity contribution in [2.24, 2.45) is 0 Å². The van der Waals surface area contributed by atoms with Crippen LogP contribution in [0.1, 0.15) is 25.0 Å². The van der Waals surface area contributed by atoms with Crippen LogP contribution < -0.4 is 4.90 Å². The van der Waals surface area contributed by atoms with Crippen LogP contribution in [0.4, 0.5) is 17.1 Å². The van der Waals surface area contributed by atoms with Crippen LogP contribution in [-0.4, -0.2) is 0 Å². The first-order valence-corrected chi connectivity index (χ1v) is 20.4. The van der Waals surface area contributed by atoms with Crippen molar-refractivity contribution in [1.29, 1.82) is 0 Å². The summed E-state index contributed by atoms with van der Waals surface area (Å²) in [6.45, 7) is 4.64. The number of para-hydroxylation sites is 1. The molecule has 0 aliphatic heterocycles. The van der Waals surface area contributed by atoms with Crippen molar-refractivity contribution >= 4 is 39.0 Å². The first-order chi connectivity index (χ1) is 29.0. The summed E-state index contributed by atoms with van der Waals surface area (Å²) in [6.07, 6.45) is 0. The topological polar surface area (TPSA) is 16.4 Å². The van der Waals surface area contributed by atoms with Gasteiger partial charge in [0.25, 0.3) is 0 Å². The summed E-state index contributed by atoms with van der Waals surface area (Å²) in [5, 5.41) is 2.30. The molecule has 0 saturated heterocycles. The number of hydrogen-bond acceptors (Lipinski definition) is 2. The van der Waals surface area contributed by atoms with Gasteiger partial charge in [0, 0.05) is 44.4 Å². The molecule has 59 heavy (non-hydrogen) atoms. The van der Waals surface area contributed by atoms with Gasteiger partial charge in [-0.2, -0.15) is 0 Å². The van der Waals surface area contributed by atoms with Gasteiger partial charge in [-0.3, -0.25) is 0 Å². The van der Waals surface area contributed by atoms with Crippen LogP contribution in [0, 0.1) is 0 Å². The Hall–Kier alpha value is -7.42. The molecule has 0 radical (unpaired) electrons. The lowest BCUT2D eigenvalue weighted by Gasteiger charge is -2.26. The molecule has 0 fully saturated rings. The SMILES string of the molecule is CC1(C)c2ccccc2-c2c1ccc1c2oc2c(-c3ccc(N(c4ccc(-c5ccccc5)cc4)c4ccc(-c5ccc(-c6ccccc6)cc5)cc4)cc3)cccc21. The van der Waals surface area contributed by atoms with Gasteiger partial charge < -0.3 is 9.32 Å². The van der Waals surface area contributed by atoms with Gasteiger partial charge in [-0.15, -0.1) is 0 Å². The summed E-state index contributed by atoms with van der Waals surface area (Å²) in [5.74, 6) is 0. The highest BCUT2D eigenvalue weighted by atomic mass is 16.3. The normalized spacial score (nSPS) is 12.7. The number of hydrogen-bond donors (Lipinski definition) is 0. The molecular weight excluding hydrogens is 715 g/mol. The Morgan fingerprint density at radius 1 is 0.322 bits per heavy atom. The van der Waals surface area contributed by atoms with E-state index in [9.17, 15) is 0 Å². The average molecular weight is 756 g/mol. The Balaban J connectivity index is 0.968. The first kappa shape index (κ1) is 34.8. The molecule has 2 heteroatoms. The lowest BCUT2D eigenvalue weighted by atomic mass is 9.82. The maximum atomic E-state index is 6.96. The molecule has 0 spiro atoms. The molecule has 0 unspecified atom stereocenters. The summed E-state index contributed by atoms with van der Waals surface area (Å²) >= 11 is 0. The smallest absolute Gasteiger partial charge is 0.143 e. The molecule has 11 rings (SSSR count). The molecule has 0 bridgehead atoms. The van der Waals surface area contributed by atoms with Gasteiger partial charge in [-0.1, -0.05) is 190 Å². The number of fused-ring (bicyclic) bond motifs is 7. The molecule has 10 aromatic rings. The molecule has 0 atom stereocenters. The van der Waals surface area contributed by atoms with Crippen molar-refractivity contribution in [3.8, 4) is 55.6 Å². The molecule has 0 N–H and O–H groups in total. The second kappa shape index (κ2) is 13.9. The van der Waals surface area contributed by atoms with Gasteiger partial charge in [0.1, 0.15) is 11.2 Å². The molecule has 1 aliphatic carbocycles. The van der Waals surface area contributed by atoms with Gasteiger partial charge in [-0.25, -0.2) is 0 Å². The van der Waals surface area contributed by atoms with Crippen molar-refractivity contribution in [1.82, 2.24) is 0 Å². The highest BCUT2D eigenvalue weighted by molar-refractivity contribution is 6.14. The quantitative estimate of drug-likeness (QED) is 0.161. The summed E-state index contributed by atoms with van der Waals surface area (Å²) in [7, 11) is 0. The van der Waals surface area contributed by atoms with Gasteiger partial charge >= 0.3 is 0 Å². The second-order valence-corrected chi connectivity index (χ2v) is 16.1. The van der Waals surface area contributed by atoms with E-state index in [4.69, 9.17) is 4.42 Å². The molecule has 1 aromatic heterocycles. The van der Waals surface area contributed by atoms with Crippen LogP contribution in [0.2, 0.25) is 0 Å². The van der Waals surface area contributed by atoms with E-state index >= 15 is 0 Å². The summed E-state index contributed by atoms with van der Waals surface area (Å²) in [4.78, 5) is 2.34. The lowest BCUT2D eigenvalue weighted by molar-refractivity contribution is 0.653. The summed E-state index contributed by atoms with van der Waals surface area (Å²) in [6, 6.07) is 76.5. The maximum Gasteiger partial charge on any atom is 0.143 e. The molecule has 0 saturated carbocycles. The number of benzene rings is 9. The van der Waals surface area contributed by atoms with E-state index in [0.717, 1.165) is 50.1 Å². The van der Waals surface area contributed by atoms with Crippen molar-refractivity contribution in [3.05, 3.63) is 223 Å². The fourth-order valence-corrected chi connectivity index (χ4v) is 9.23. The van der Waals surface area contributed by atoms with Crippen LogP contribution in [0.3, 0.4) is 0 Å². The Kier molecular flexibility index (Phi) is 8.20. The van der Waals surface area contributed by atoms with Crippen LogP contribution in [0.25, 0.3) is 77.6 Å². The summed E-state index contributed by atoms with van der Waals surface area (Å²) < 4.78 is 6.96. The molecule has 2 nitrogen and oxygen atoms in total. The standard InChI is InChI=1S/C57H41NO/c1-57(2)52-19-10-9-16-51(52)54-53(57)37-36-50-49-18-11-17-48(55(49)59-56(50)54)44-28-34-47(35-29-44)58(45-30-24-42(25-31-45)39-14-7-4-8-15-39)46-32-26-43(27-33-46)41-22-20-40(21-23-41)38-12-5-3-6-13-38/h3-37H,1-2H3. The van der Waals surface area contributed by atoms with E-state index in [1.54, 1.807) is 0 Å². The lowest BCUT2D eigenvalue weighted by Crippen LogP contribution is -2.14. The van der Waals surface area contributed by atoms with Crippen molar-refractivity contribution in [3.63, 3.8) is 0 Å². The molecule has 9 aromatic carbocycles. The molecule has 1 aliphatic rings. The van der Waals surface area contributed by atoms with E-state index in [1.165, 1.54) is 55.6 Å². The van der Waals surface area contributed by atoms with Gasteiger partial charge in [0.05, 0.1) is 0 Å². The van der Waals surface area contributed by atoms with Crippen molar-refractivity contribution < 1.29 is 4.42 Å². The van der Waals surface area contributed by atoms with Crippen LogP contribution in [0.15, 0.2) is 217 Å². The first-order valence-electron chi connectivity index (χ1n) is 20.4. The van der Waals surface area contributed by atoms with E-state index in [1.807, 2.05) is 0 Å². The zero-order valence-electron chi connectivity index (χ0n) is 33.1. The molecule has 0 amide bonds. The third kappa shape index (κ3) is 5.87. The number of furan rings is 1. The van der Waals surface area contributed by atoms with Crippen LogP contribution >= 0.6 is 0 Å². The second-order valence-electron chi connectivity index (χ2n) is 16.1. The zero-order chi connectivity index (χ0) is 39.5. The van der Waals surface area contributed by atoms with Gasteiger partial charge in [-0.05, 0) is 92.0 Å². The third-order valence-electron chi connectivity index (χ3n) is 12.3. The molecule has 1 heterocycles. The minimum absolute atomic E-state index is 0.0834. The van der Waals surface area contributed by atoms with E-state index in [0.29, 0.717) is 0 Å². The van der Waals surface area contributed by atoms with E-state index in [2.05, 4.69) is 231 Å². The van der Waals surface area contributed by atoms with Gasteiger partial charge in [0.2, 0.25) is 0 Å². The third-order valence-corrected chi connectivity index (χ3v) is 12.3. The Labute approximate surface area is 345 Å². The van der Waals surface area contributed by atoms with Crippen LogP contribution in [0.5, 0.6) is 0 Å². The monoisotopic (exact) mass is 755 g/mol. The molecule has 280 valence electrons. The Morgan fingerprint density at radius 2 is 0.746 bits per heavy atom. The van der Waals surface area contributed by atoms with E-state index < -0.39 is 0 Å². The van der Waals surface area contributed by atoms with Crippen molar-refractivity contribution in [2.45, 2.75) is 19.3 Å². The minimum Gasteiger partial charge on any atom is -0.455 e. The largest absolute Gasteiger partial charge is 0.455 e. The highest BCUT2D eigenvalue weighted by Gasteiger charge is 2.37. The number of anilines is 3. The van der Waals surface area contributed by atoms with Gasteiger partial charge in [0.15, 0.2) is 0 Å². The molecular formula is C57H41NO. The Morgan fingerprint density at radius 3 is 1.29 bits per heavy atom. The van der Waals surface area contributed by atoms with Crippen molar-refractivity contribution in [2.75, 3.05) is 4.90 Å².